The molecule has 28 heavy (non-hydrogen) atoms. The lowest BCUT2D eigenvalue weighted by molar-refractivity contribution is 0.277. The van der Waals surface area contributed by atoms with Gasteiger partial charge in [-0.05, 0) is 56.3 Å². The molecule has 1 unspecified atom stereocenters. The van der Waals surface area contributed by atoms with E-state index >= 15 is 0 Å². The maximum absolute atomic E-state index is 12.7. The molecule has 2 aromatic carbocycles. The van der Waals surface area contributed by atoms with Crippen LogP contribution >= 0.6 is 0 Å². The van der Waals surface area contributed by atoms with Gasteiger partial charge in [-0.3, -0.25) is 9.62 Å². The van der Waals surface area contributed by atoms with Crippen molar-refractivity contribution in [3.05, 3.63) is 54.8 Å². The van der Waals surface area contributed by atoms with Crippen LogP contribution in [-0.4, -0.2) is 39.0 Å². The van der Waals surface area contributed by atoms with Gasteiger partial charge in [-0.25, -0.2) is 8.42 Å². The van der Waals surface area contributed by atoms with Crippen LogP contribution in [0.2, 0.25) is 0 Å². The van der Waals surface area contributed by atoms with E-state index in [1.165, 1.54) is 12.8 Å². The van der Waals surface area contributed by atoms with Gasteiger partial charge in [0.1, 0.15) is 0 Å². The fraction of sp³-hybridized carbons (Fsp3) is 0.333. The highest BCUT2D eigenvalue weighted by Gasteiger charge is 2.23. The third-order valence-corrected chi connectivity index (χ3v) is 6.69. The zero-order valence-electron chi connectivity index (χ0n) is 15.9. The Labute approximate surface area is 165 Å². The lowest BCUT2D eigenvalue weighted by atomic mass is 10.2. The summed E-state index contributed by atoms with van der Waals surface area (Å²) in [6, 6.07) is 14.3. The fourth-order valence-corrected chi connectivity index (χ4v) is 4.92. The minimum atomic E-state index is -3.64. The number of anilines is 2. The number of nitrogens with one attached hydrogen (secondary N) is 2. The summed E-state index contributed by atoms with van der Waals surface area (Å²) in [5, 5.41) is 4.33. The summed E-state index contributed by atoms with van der Waals surface area (Å²) in [4.78, 5) is 2.70. The quantitative estimate of drug-likeness (QED) is 0.625. The smallest absolute Gasteiger partial charge is 0.261 e. The zero-order valence-corrected chi connectivity index (χ0v) is 16.7. The molecular formula is C21H25N3O3S. The van der Waals surface area contributed by atoms with E-state index in [1.807, 2.05) is 6.07 Å². The predicted octanol–water partition coefficient (Wildman–Crippen LogP) is 4.13. The van der Waals surface area contributed by atoms with E-state index < -0.39 is 10.0 Å². The Balaban J connectivity index is 1.58. The summed E-state index contributed by atoms with van der Waals surface area (Å²) in [7, 11) is -3.64. The number of benzene rings is 2. The largest absolute Gasteiger partial charge is 0.462 e. The number of sulfonamides is 1. The number of likely N-dealkylation sites (N-methyl/N-ethyl adjacent to an activating group) is 1. The van der Waals surface area contributed by atoms with Crippen LogP contribution in [0.25, 0.3) is 11.0 Å². The van der Waals surface area contributed by atoms with Crippen molar-refractivity contribution in [2.45, 2.75) is 30.7 Å². The first-order valence-corrected chi connectivity index (χ1v) is 11.1. The van der Waals surface area contributed by atoms with E-state index in [-0.39, 0.29) is 4.90 Å². The third-order valence-electron chi connectivity index (χ3n) is 5.29. The lowest BCUT2D eigenvalue weighted by Crippen LogP contribution is -2.34. The van der Waals surface area contributed by atoms with E-state index in [0.29, 0.717) is 11.7 Å². The second-order valence-electron chi connectivity index (χ2n) is 7.09. The summed E-state index contributed by atoms with van der Waals surface area (Å²) >= 11 is 0. The van der Waals surface area contributed by atoms with Crippen molar-refractivity contribution < 1.29 is 12.8 Å². The SMILES string of the molecule is CCN1CCCC1CNc1cc(NS(=O)(=O)c2ccccc2)cc2ccoc12. The average Bonchev–Trinajstić information content (AvgIpc) is 3.35. The van der Waals surface area contributed by atoms with Gasteiger partial charge in [0.05, 0.1) is 22.5 Å². The highest BCUT2D eigenvalue weighted by molar-refractivity contribution is 7.92. The van der Waals surface area contributed by atoms with Crippen molar-refractivity contribution in [2.75, 3.05) is 29.7 Å². The molecule has 2 N–H and O–H groups in total. The van der Waals surface area contributed by atoms with E-state index in [0.717, 1.165) is 36.3 Å². The third kappa shape index (κ3) is 3.86. The minimum Gasteiger partial charge on any atom is -0.462 e. The molecule has 1 aromatic heterocycles. The highest BCUT2D eigenvalue weighted by atomic mass is 32.2. The second kappa shape index (κ2) is 7.85. The topological polar surface area (TPSA) is 74.6 Å². The molecule has 148 valence electrons. The Hall–Kier alpha value is -2.51. The standard InChI is InChI=1S/C21H25N3O3S/c1-2-24-11-6-7-18(24)15-22-20-14-17(13-16-10-12-27-21(16)20)23-28(25,26)19-8-4-3-5-9-19/h3-5,8-10,12-14,18,22-23H,2,6-7,11,15H2,1H3. The Morgan fingerprint density at radius 3 is 2.79 bits per heavy atom. The van der Waals surface area contributed by atoms with Crippen LogP contribution in [0.15, 0.2) is 64.1 Å². The van der Waals surface area contributed by atoms with Crippen LogP contribution in [-0.2, 0) is 10.0 Å². The first-order valence-electron chi connectivity index (χ1n) is 9.64. The number of nitrogens with zero attached hydrogens (tertiary/aromatic N) is 1. The van der Waals surface area contributed by atoms with Crippen LogP contribution in [0, 0.1) is 0 Å². The number of hydrogen-bond donors (Lipinski definition) is 2. The molecular weight excluding hydrogens is 374 g/mol. The van der Waals surface area contributed by atoms with Crippen molar-refractivity contribution >= 4 is 32.4 Å². The summed E-state index contributed by atoms with van der Waals surface area (Å²) in [6.07, 6.45) is 4.01. The van der Waals surface area contributed by atoms with E-state index in [9.17, 15) is 8.42 Å². The molecule has 3 aromatic rings. The van der Waals surface area contributed by atoms with Crippen LogP contribution in [0.3, 0.4) is 0 Å². The number of hydrogen-bond acceptors (Lipinski definition) is 5. The lowest BCUT2D eigenvalue weighted by Gasteiger charge is -2.23. The minimum absolute atomic E-state index is 0.237. The zero-order chi connectivity index (χ0) is 19.6. The van der Waals surface area contributed by atoms with Gasteiger partial charge < -0.3 is 9.73 Å². The molecule has 0 saturated carbocycles. The maximum atomic E-state index is 12.7. The van der Waals surface area contributed by atoms with E-state index in [1.54, 1.807) is 48.7 Å². The Morgan fingerprint density at radius 1 is 1.18 bits per heavy atom. The van der Waals surface area contributed by atoms with Gasteiger partial charge in [-0.2, -0.15) is 0 Å². The molecule has 4 rings (SSSR count). The van der Waals surface area contributed by atoms with Gasteiger partial charge in [0.15, 0.2) is 5.58 Å². The van der Waals surface area contributed by atoms with E-state index in [4.69, 9.17) is 4.42 Å². The molecule has 0 bridgehead atoms. The molecule has 0 amide bonds. The fourth-order valence-electron chi connectivity index (χ4n) is 3.86. The monoisotopic (exact) mass is 399 g/mol. The number of rotatable bonds is 7. The summed E-state index contributed by atoms with van der Waals surface area (Å²) in [6.45, 7) is 5.16. The van der Waals surface area contributed by atoms with Crippen molar-refractivity contribution in [3.63, 3.8) is 0 Å². The molecule has 1 atom stereocenters. The van der Waals surface area contributed by atoms with E-state index in [2.05, 4.69) is 21.9 Å². The molecule has 6 nitrogen and oxygen atoms in total. The predicted molar refractivity (Wildman–Crippen MR) is 112 cm³/mol. The maximum Gasteiger partial charge on any atom is 0.261 e. The van der Waals surface area contributed by atoms with Gasteiger partial charge in [-0.1, -0.05) is 25.1 Å². The van der Waals surface area contributed by atoms with Gasteiger partial charge >= 0.3 is 0 Å². The molecule has 0 radical (unpaired) electrons. The molecule has 2 heterocycles. The molecule has 1 saturated heterocycles. The molecule has 1 fully saturated rings. The average molecular weight is 400 g/mol. The van der Waals surface area contributed by atoms with Crippen molar-refractivity contribution in [3.8, 4) is 0 Å². The first kappa shape index (κ1) is 18.8. The first-order chi connectivity index (χ1) is 13.6. The number of likely N-dealkylation sites (tertiary alicyclic amines) is 1. The molecule has 7 heteroatoms. The number of fused-ring (bicyclic) bond motifs is 1. The molecule has 0 aliphatic carbocycles. The van der Waals surface area contributed by atoms with Crippen molar-refractivity contribution in [2.24, 2.45) is 0 Å². The van der Waals surface area contributed by atoms with Crippen LogP contribution in [0.1, 0.15) is 19.8 Å². The van der Waals surface area contributed by atoms with Crippen LogP contribution in [0.5, 0.6) is 0 Å². The second-order valence-corrected chi connectivity index (χ2v) is 8.77. The Morgan fingerprint density at radius 2 is 2.00 bits per heavy atom. The summed E-state index contributed by atoms with van der Waals surface area (Å²) < 4.78 is 33.7. The Kier molecular flexibility index (Phi) is 5.28. The van der Waals surface area contributed by atoms with Crippen molar-refractivity contribution in [1.82, 2.24) is 4.90 Å². The Bertz CT molecular complexity index is 1050. The summed E-state index contributed by atoms with van der Waals surface area (Å²) in [5.41, 5.74) is 2.05. The highest BCUT2D eigenvalue weighted by Crippen LogP contribution is 2.31. The van der Waals surface area contributed by atoms with Gasteiger partial charge in [-0.15, -0.1) is 0 Å². The van der Waals surface area contributed by atoms with Crippen molar-refractivity contribution in [1.29, 1.82) is 0 Å². The van der Waals surface area contributed by atoms with Crippen LogP contribution < -0.4 is 10.0 Å². The van der Waals surface area contributed by atoms with Crippen LogP contribution in [0.4, 0.5) is 11.4 Å². The molecule has 0 spiro atoms. The number of furan rings is 1. The van der Waals surface area contributed by atoms with Gasteiger partial charge in [0.2, 0.25) is 0 Å². The van der Waals surface area contributed by atoms with Gasteiger partial charge in [0.25, 0.3) is 10.0 Å². The normalized spacial score (nSPS) is 17.8. The molecule has 1 aliphatic heterocycles. The molecule has 1 aliphatic rings. The summed E-state index contributed by atoms with van der Waals surface area (Å²) in [5.74, 6) is 0. The van der Waals surface area contributed by atoms with Gasteiger partial charge in [0, 0.05) is 18.0 Å².